The summed E-state index contributed by atoms with van der Waals surface area (Å²) < 4.78 is 0. The minimum atomic E-state index is 0.106. The maximum atomic E-state index is 9.75. The van der Waals surface area contributed by atoms with Gasteiger partial charge >= 0.3 is 0 Å². The summed E-state index contributed by atoms with van der Waals surface area (Å²) in [5, 5.41) is 18.4. The highest BCUT2D eigenvalue weighted by atomic mass is 32.1. The monoisotopic (exact) mass is 466 g/mol. The molecule has 4 heterocycles. The van der Waals surface area contributed by atoms with Crippen LogP contribution >= 0.6 is 22.7 Å². The third kappa shape index (κ3) is 4.69. The number of aromatic hydroxyl groups is 1. The van der Waals surface area contributed by atoms with Crippen molar-refractivity contribution in [2.45, 2.75) is 6.92 Å². The van der Waals surface area contributed by atoms with Crippen molar-refractivity contribution in [2.24, 2.45) is 11.6 Å². The second-order valence-corrected chi connectivity index (χ2v) is 8.78. The van der Waals surface area contributed by atoms with Crippen LogP contribution in [0.1, 0.15) is 11.4 Å². The number of aromatic nitrogens is 4. The van der Waals surface area contributed by atoms with E-state index in [1.807, 2.05) is 35.0 Å². The number of nitrogens with two attached hydrogens (primary N) is 2. The summed E-state index contributed by atoms with van der Waals surface area (Å²) in [5.41, 5.74) is 8.34. The summed E-state index contributed by atoms with van der Waals surface area (Å²) in [5.74, 6) is 7.75. The van der Waals surface area contributed by atoms with E-state index in [2.05, 4.69) is 25.3 Å². The van der Waals surface area contributed by atoms with Crippen LogP contribution < -0.4 is 16.9 Å². The van der Waals surface area contributed by atoms with E-state index >= 15 is 0 Å². The number of aryl methyl sites for hydroxylation is 1. The van der Waals surface area contributed by atoms with Crippen molar-refractivity contribution in [3.8, 4) is 27.2 Å². The Morgan fingerprint density at radius 3 is 2.12 bits per heavy atom. The van der Waals surface area contributed by atoms with E-state index in [4.69, 9.17) is 11.6 Å². The molecule has 4 aromatic rings. The fourth-order valence-electron chi connectivity index (χ4n) is 2.91. The number of nitrogens with zero attached hydrogens (tertiary/aromatic N) is 5. The van der Waals surface area contributed by atoms with E-state index < -0.39 is 0 Å². The van der Waals surface area contributed by atoms with Gasteiger partial charge < -0.3 is 21.2 Å². The van der Waals surface area contributed by atoms with Crippen LogP contribution in [-0.2, 0) is 0 Å². The van der Waals surface area contributed by atoms with Crippen LogP contribution in [0.3, 0.4) is 0 Å². The highest BCUT2D eigenvalue weighted by Crippen LogP contribution is 2.27. The molecule has 0 unspecified atom stereocenters. The van der Waals surface area contributed by atoms with Gasteiger partial charge in [-0.2, -0.15) is 9.97 Å². The minimum absolute atomic E-state index is 0.106. The molecule has 9 nitrogen and oxygen atoms in total. The molecule has 0 spiro atoms. The molecule has 0 aliphatic carbocycles. The molecule has 0 saturated carbocycles. The van der Waals surface area contributed by atoms with Crippen molar-refractivity contribution in [1.82, 2.24) is 24.9 Å². The van der Waals surface area contributed by atoms with Crippen molar-refractivity contribution < 1.29 is 5.11 Å². The Morgan fingerprint density at radius 2 is 1.62 bits per heavy atom. The van der Waals surface area contributed by atoms with Gasteiger partial charge in [0.05, 0.1) is 39.1 Å². The molecule has 0 fully saturated rings. The molecule has 4 aromatic heterocycles. The summed E-state index contributed by atoms with van der Waals surface area (Å²) in [4.78, 5) is 20.0. The summed E-state index contributed by atoms with van der Waals surface area (Å²) in [6.07, 6.45) is 0. The second kappa shape index (κ2) is 9.30. The SMILES string of the molecule is Cc1nc(/C(N)=C(\CNc2nc(-c3cccs3)nc(-c3cccs3)n2)N(C)N)ccc1O. The number of rotatable bonds is 7. The molecule has 0 atom stereocenters. The van der Waals surface area contributed by atoms with Crippen molar-refractivity contribution in [1.29, 1.82) is 0 Å². The molecular weight excluding hydrogens is 444 g/mol. The highest BCUT2D eigenvalue weighted by Gasteiger charge is 2.15. The normalized spacial score (nSPS) is 11.8. The number of likely N-dealkylation sites (N-methyl/N-ethyl adjacent to an activating group) is 1. The molecule has 0 aliphatic rings. The van der Waals surface area contributed by atoms with Crippen LogP contribution in [0.4, 0.5) is 5.95 Å². The lowest BCUT2D eigenvalue weighted by Crippen LogP contribution is -2.32. The first-order valence-electron chi connectivity index (χ1n) is 9.64. The molecule has 11 heteroatoms. The lowest BCUT2D eigenvalue weighted by Gasteiger charge is -2.20. The van der Waals surface area contributed by atoms with E-state index in [0.717, 1.165) is 9.75 Å². The summed E-state index contributed by atoms with van der Waals surface area (Å²) in [7, 11) is 1.69. The van der Waals surface area contributed by atoms with E-state index in [0.29, 0.717) is 40.4 Å². The standard InChI is InChI=1S/C21H22N8OS2/c1-12-15(30)8-7-13(25-12)18(22)14(29(2)23)11-24-21-27-19(16-5-3-9-31-16)26-20(28-21)17-6-4-10-32-17/h3-10,30H,11,22-23H2,1-2H3,(H,24,26,27,28)/b18-14-. The maximum Gasteiger partial charge on any atom is 0.227 e. The lowest BCUT2D eigenvalue weighted by molar-refractivity contribution is 0.437. The van der Waals surface area contributed by atoms with Crippen molar-refractivity contribution >= 4 is 34.3 Å². The Labute approximate surface area is 193 Å². The van der Waals surface area contributed by atoms with Crippen LogP contribution in [0.15, 0.2) is 52.9 Å². The Morgan fingerprint density at radius 1 is 1.00 bits per heavy atom. The van der Waals surface area contributed by atoms with Gasteiger partial charge in [-0.05, 0) is 41.9 Å². The molecule has 0 radical (unpaired) electrons. The number of hydrogen-bond acceptors (Lipinski definition) is 11. The van der Waals surface area contributed by atoms with E-state index in [9.17, 15) is 5.11 Å². The zero-order chi connectivity index (χ0) is 22.7. The Kier molecular flexibility index (Phi) is 6.30. The summed E-state index contributed by atoms with van der Waals surface area (Å²) in [6, 6.07) is 11.1. The van der Waals surface area contributed by atoms with Gasteiger partial charge in [-0.15, -0.1) is 22.7 Å². The summed E-state index contributed by atoms with van der Waals surface area (Å²) in [6.45, 7) is 1.97. The predicted octanol–water partition coefficient (Wildman–Crippen LogP) is 3.28. The first-order valence-corrected chi connectivity index (χ1v) is 11.4. The third-order valence-electron chi connectivity index (χ3n) is 4.60. The Hall–Kier alpha value is -3.54. The number of hydrogen-bond donors (Lipinski definition) is 4. The molecule has 4 rings (SSSR count). The van der Waals surface area contributed by atoms with E-state index in [-0.39, 0.29) is 12.3 Å². The number of hydrazine groups is 1. The number of thiophene rings is 2. The van der Waals surface area contributed by atoms with Gasteiger partial charge in [0.25, 0.3) is 0 Å². The van der Waals surface area contributed by atoms with Crippen molar-refractivity contribution in [3.63, 3.8) is 0 Å². The fourth-order valence-corrected chi connectivity index (χ4v) is 4.23. The first-order chi connectivity index (χ1) is 15.4. The van der Waals surface area contributed by atoms with E-state index in [1.54, 1.807) is 48.8 Å². The topological polar surface area (TPSA) is 139 Å². The molecule has 0 bridgehead atoms. The van der Waals surface area contributed by atoms with Crippen molar-refractivity contribution in [2.75, 3.05) is 18.9 Å². The molecule has 6 N–H and O–H groups in total. The van der Waals surface area contributed by atoms with Gasteiger partial charge in [0.1, 0.15) is 5.75 Å². The molecule has 164 valence electrons. The fraction of sp³-hybridized carbons (Fsp3) is 0.143. The molecule has 0 aliphatic heterocycles. The Balaban J connectivity index is 1.67. The highest BCUT2D eigenvalue weighted by molar-refractivity contribution is 7.13. The number of nitrogens with one attached hydrogen (secondary N) is 1. The zero-order valence-electron chi connectivity index (χ0n) is 17.5. The number of pyridine rings is 1. The quantitative estimate of drug-likeness (QED) is 0.239. The second-order valence-electron chi connectivity index (χ2n) is 6.89. The van der Waals surface area contributed by atoms with Crippen LogP contribution in [-0.4, -0.2) is 43.6 Å². The van der Waals surface area contributed by atoms with Crippen LogP contribution in [0.25, 0.3) is 27.1 Å². The predicted molar refractivity (Wildman–Crippen MR) is 129 cm³/mol. The third-order valence-corrected chi connectivity index (χ3v) is 6.33. The van der Waals surface area contributed by atoms with Crippen molar-refractivity contribution in [3.05, 3.63) is 64.2 Å². The van der Waals surface area contributed by atoms with Gasteiger partial charge in [0.2, 0.25) is 5.95 Å². The summed E-state index contributed by atoms with van der Waals surface area (Å²) >= 11 is 3.12. The molecular formula is C21H22N8OS2. The van der Waals surface area contributed by atoms with Gasteiger partial charge in [0.15, 0.2) is 11.6 Å². The molecule has 32 heavy (non-hydrogen) atoms. The van der Waals surface area contributed by atoms with Crippen LogP contribution in [0.2, 0.25) is 0 Å². The lowest BCUT2D eigenvalue weighted by atomic mass is 10.2. The van der Waals surface area contributed by atoms with Gasteiger partial charge in [-0.3, -0.25) is 0 Å². The maximum absolute atomic E-state index is 9.75. The average Bonchev–Trinajstić information content (AvgIpc) is 3.50. The molecule has 0 amide bonds. The average molecular weight is 467 g/mol. The largest absolute Gasteiger partial charge is 0.506 e. The zero-order valence-corrected chi connectivity index (χ0v) is 19.1. The van der Waals surface area contributed by atoms with Gasteiger partial charge in [0, 0.05) is 7.05 Å². The van der Waals surface area contributed by atoms with Crippen LogP contribution in [0.5, 0.6) is 5.75 Å². The van der Waals surface area contributed by atoms with Gasteiger partial charge in [-0.1, -0.05) is 12.1 Å². The van der Waals surface area contributed by atoms with E-state index in [1.165, 1.54) is 5.01 Å². The number of anilines is 1. The minimum Gasteiger partial charge on any atom is -0.506 e. The molecule has 0 aromatic carbocycles. The molecule has 0 saturated heterocycles. The Bertz CT molecular complexity index is 1180. The van der Waals surface area contributed by atoms with Crippen LogP contribution in [0, 0.1) is 6.92 Å². The van der Waals surface area contributed by atoms with Gasteiger partial charge in [-0.25, -0.2) is 15.8 Å². The first kappa shape index (κ1) is 21.7. The smallest absolute Gasteiger partial charge is 0.227 e.